The van der Waals surface area contributed by atoms with E-state index in [1.807, 2.05) is 24.5 Å². The molecule has 0 aliphatic heterocycles. The number of thioether (sulfide) groups is 1. The number of nitrogens with zero attached hydrogens (tertiary/aromatic N) is 1. The van der Waals surface area contributed by atoms with Gasteiger partial charge in [0.1, 0.15) is 6.04 Å². The lowest BCUT2D eigenvalue weighted by atomic mass is 9.87. The molecule has 3 aromatic rings. The van der Waals surface area contributed by atoms with Crippen molar-refractivity contribution in [3.63, 3.8) is 0 Å². The number of anilines is 1. The maximum atomic E-state index is 13.8. The van der Waals surface area contributed by atoms with Crippen molar-refractivity contribution in [1.82, 2.24) is 5.32 Å². The second-order valence-electron chi connectivity index (χ2n) is 12.5. The van der Waals surface area contributed by atoms with Crippen LogP contribution in [0.25, 0.3) is 11.1 Å². The molecule has 5 nitrogen and oxygen atoms in total. The van der Waals surface area contributed by atoms with Crippen molar-refractivity contribution in [3.8, 4) is 11.1 Å². The van der Waals surface area contributed by atoms with Crippen LogP contribution in [0.4, 0.5) is 5.69 Å². The van der Waals surface area contributed by atoms with Gasteiger partial charge >= 0.3 is 5.97 Å². The number of amides is 1. The van der Waals surface area contributed by atoms with Gasteiger partial charge in [-0.15, -0.1) is 0 Å². The van der Waals surface area contributed by atoms with E-state index >= 15 is 0 Å². The Morgan fingerprint density at radius 3 is 2.49 bits per heavy atom. The maximum Gasteiger partial charge on any atom is 0.328 e. The molecular weight excluding hydrogens is 577 g/mol. The Bertz CT molecular complexity index is 1380. The molecule has 1 fully saturated rings. The monoisotopic (exact) mass is 628 g/mol. The van der Waals surface area contributed by atoms with Crippen molar-refractivity contribution in [2.45, 2.75) is 90.6 Å². The number of methoxy groups -OCH3 is 1. The molecule has 0 spiro atoms. The third kappa shape index (κ3) is 9.87. The number of hydrogen-bond donors (Lipinski definition) is 1. The van der Waals surface area contributed by atoms with Crippen LogP contribution in [0, 0.1) is 12.8 Å². The summed E-state index contributed by atoms with van der Waals surface area (Å²) >= 11 is 1.64. The Morgan fingerprint density at radius 1 is 1.00 bits per heavy atom. The molecule has 1 atom stereocenters. The third-order valence-corrected chi connectivity index (χ3v) is 9.85. The summed E-state index contributed by atoms with van der Waals surface area (Å²) in [7, 11) is 1.37. The minimum atomic E-state index is -0.686. The first-order valence-corrected chi connectivity index (χ1v) is 18.2. The van der Waals surface area contributed by atoms with Crippen molar-refractivity contribution in [1.29, 1.82) is 0 Å². The fourth-order valence-corrected chi connectivity index (χ4v) is 7.04. The molecule has 1 unspecified atom stereocenters. The largest absolute Gasteiger partial charge is 0.467 e. The molecule has 242 valence electrons. The van der Waals surface area contributed by atoms with Gasteiger partial charge < -0.3 is 15.0 Å². The molecular formula is C39H52N2O3S. The lowest BCUT2D eigenvalue weighted by Crippen LogP contribution is -2.42. The number of unbranched alkanes of at least 4 members (excludes halogenated alkanes) is 1. The molecule has 1 aliphatic rings. The fraction of sp³-hybridized carbons (Fsp3) is 0.487. The highest BCUT2D eigenvalue weighted by Crippen LogP contribution is 2.32. The zero-order valence-electron chi connectivity index (χ0n) is 27.8. The van der Waals surface area contributed by atoms with E-state index in [2.05, 4.69) is 72.6 Å². The molecule has 1 amide bonds. The molecule has 6 heteroatoms. The Kier molecular flexibility index (Phi) is 13.9. The van der Waals surface area contributed by atoms with Gasteiger partial charge in [-0.1, -0.05) is 94.0 Å². The van der Waals surface area contributed by atoms with Crippen LogP contribution in [-0.4, -0.2) is 43.6 Å². The van der Waals surface area contributed by atoms with Crippen molar-refractivity contribution < 1.29 is 14.3 Å². The van der Waals surface area contributed by atoms with E-state index in [1.165, 1.54) is 75.3 Å². The Hall–Kier alpha value is -3.25. The number of rotatable bonds is 16. The quantitative estimate of drug-likeness (QED) is 0.161. The number of nitrogens with one attached hydrogen (secondary N) is 1. The summed E-state index contributed by atoms with van der Waals surface area (Å²) in [6, 6.07) is 22.7. The van der Waals surface area contributed by atoms with E-state index in [0.29, 0.717) is 12.0 Å². The summed E-state index contributed by atoms with van der Waals surface area (Å²) in [5.41, 5.74) is 7.51. The number of ether oxygens (including phenoxy) is 1. The van der Waals surface area contributed by atoms with Gasteiger partial charge in [-0.2, -0.15) is 11.8 Å². The Labute approximate surface area is 275 Å². The minimum Gasteiger partial charge on any atom is -0.467 e. The molecule has 4 rings (SSSR count). The summed E-state index contributed by atoms with van der Waals surface area (Å²) in [6.45, 7) is 6.13. The van der Waals surface area contributed by atoms with Crippen LogP contribution >= 0.6 is 11.8 Å². The molecule has 0 heterocycles. The van der Waals surface area contributed by atoms with Crippen molar-refractivity contribution in [2.75, 3.05) is 30.6 Å². The summed E-state index contributed by atoms with van der Waals surface area (Å²) in [5, 5.41) is 2.98. The minimum absolute atomic E-state index is 0.254. The van der Waals surface area contributed by atoms with Gasteiger partial charge in [0.05, 0.1) is 7.11 Å². The highest BCUT2D eigenvalue weighted by atomic mass is 32.2. The van der Waals surface area contributed by atoms with Gasteiger partial charge in [-0.25, -0.2) is 4.79 Å². The van der Waals surface area contributed by atoms with Crippen LogP contribution in [0.1, 0.15) is 91.8 Å². The summed E-state index contributed by atoms with van der Waals surface area (Å²) in [4.78, 5) is 28.9. The second kappa shape index (κ2) is 18.0. The zero-order chi connectivity index (χ0) is 32.0. The number of esters is 1. The van der Waals surface area contributed by atoms with Crippen molar-refractivity contribution in [3.05, 3.63) is 89.0 Å². The Morgan fingerprint density at radius 2 is 1.76 bits per heavy atom. The van der Waals surface area contributed by atoms with Crippen LogP contribution in [0.15, 0.2) is 66.7 Å². The average Bonchev–Trinajstić information content (AvgIpc) is 3.07. The molecule has 1 N–H and O–H groups in total. The SMILES string of the molecule is CCCCc1ccccc1N(CCC1CCCCC1)Cc1ccc(C(=O)NC(CCSC)C(=O)OC)c(-c2ccccc2C)c1. The second-order valence-corrected chi connectivity index (χ2v) is 13.5. The van der Waals surface area contributed by atoms with Crippen LogP contribution in [0.3, 0.4) is 0 Å². The normalized spacial score (nSPS) is 14.1. The van der Waals surface area contributed by atoms with Crippen LogP contribution < -0.4 is 10.2 Å². The third-order valence-electron chi connectivity index (χ3n) is 9.20. The first-order chi connectivity index (χ1) is 21.9. The lowest BCUT2D eigenvalue weighted by molar-refractivity contribution is -0.142. The van der Waals surface area contributed by atoms with E-state index < -0.39 is 12.0 Å². The molecule has 3 aromatic carbocycles. The van der Waals surface area contributed by atoms with Gasteiger partial charge in [-0.3, -0.25) is 4.79 Å². The number of carbonyl (C=O) groups excluding carboxylic acids is 2. The van der Waals surface area contributed by atoms with Gasteiger partial charge in [0.25, 0.3) is 5.91 Å². The molecule has 1 aliphatic carbocycles. The van der Waals surface area contributed by atoms with Gasteiger partial charge in [0.2, 0.25) is 0 Å². The number of hydrogen-bond acceptors (Lipinski definition) is 5. The molecule has 1 saturated carbocycles. The first kappa shape index (κ1) is 34.6. The Balaban J connectivity index is 1.69. The molecule has 0 saturated heterocycles. The fourth-order valence-electron chi connectivity index (χ4n) is 6.57. The van der Waals surface area contributed by atoms with Gasteiger partial charge in [0, 0.05) is 24.3 Å². The number of benzene rings is 3. The summed E-state index contributed by atoms with van der Waals surface area (Å²) < 4.78 is 5.02. The predicted molar refractivity (Wildman–Crippen MR) is 190 cm³/mol. The standard InChI is InChI=1S/C39H52N2O3S/c1-5-6-17-32-18-11-13-20-37(32)41(25-23-30-15-8-7-9-16-30)28-31-21-22-34(35(27-31)33-19-12-10-14-29(33)2)38(42)40-36(24-26-45-4)39(43)44-3/h10-14,18-22,27,30,36H,5-9,15-17,23-26,28H2,1-4H3,(H,40,42). The predicted octanol–water partition coefficient (Wildman–Crippen LogP) is 9.01. The number of para-hydroxylation sites is 1. The van der Waals surface area contributed by atoms with Crippen molar-refractivity contribution in [2.24, 2.45) is 5.92 Å². The summed E-state index contributed by atoms with van der Waals surface area (Å²) in [5.74, 6) is 0.878. The zero-order valence-corrected chi connectivity index (χ0v) is 28.6. The van der Waals surface area contributed by atoms with E-state index in [4.69, 9.17) is 4.74 Å². The van der Waals surface area contributed by atoms with Crippen LogP contribution in [-0.2, 0) is 22.5 Å². The molecule has 0 radical (unpaired) electrons. The lowest BCUT2D eigenvalue weighted by Gasteiger charge is -2.31. The molecule has 0 aromatic heterocycles. The maximum absolute atomic E-state index is 13.8. The van der Waals surface area contributed by atoms with E-state index in [1.54, 1.807) is 11.8 Å². The topological polar surface area (TPSA) is 58.6 Å². The van der Waals surface area contributed by atoms with Gasteiger partial charge in [0.15, 0.2) is 0 Å². The highest BCUT2D eigenvalue weighted by Gasteiger charge is 2.24. The van der Waals surface area contributed by atoms with Crippen molar-refractivity contribution >= 4 is 29.3 Å². The first-order valence-electron chi connectivity index (χ1n) is 16.8. The highest BCUT2D eigenvalue weighted by molar-refractivity contribution is 7.98. The number of aryl methyl sites for hydroxylation is 2. The van der Waals surface area contributed by atoms with Crippen LogP contribution in [0.2, 0.25) is 0 Å². The summed E-state index contributed by atoms with van der Waals surface area (Å²) in [6.07, 6.45) is 13.9. The van der Waals surface area contributed by atoms with E-state index in [9.17, 15) is 9.59 Å². The van der Waals surface area contributed by atoms with E-state index in [-0.39, 0.29) is 5.91 Å². The number of carbonyl (C=O) groups is 2. The smallest absolute Gasteiger partial charge is 0.328 e. The van der Waals surface area contributed by atoms with E-state index in [0.717, 1.165) is 47.9 Å². The van der Waals surface area contributed by atoms with Gasteiger partial charge in [-0.05, 0) is 96.5 Å². The van der Waals surface area contributed by atoms with Crippen LogP contribution in [0.5, 0.6) is 0 Å². The molecule has 45 heavy (non-hydrogen) atoms. The average molecular weight is 629 g/mol. The molecule has 0 bridgehead atoms.